The standard InChI is InChI=1S/C11H15NO2/c1-13-9-4-7-3-8(12)5-10(7)11(6-9)14-2/h4,6,8H,3,5,12H2,1-2H3. The number of methoxy groups -OCH3 is 2. The summed E-state index contributed by atoms with van der Waals surface area (Å²) in [5, 5.41) is 0. The molecule has 0 bridgehead atoms. The molecule has 76 valence electrons. The molecule has 0 saturated heterocycles. The van der Waals surface area contributed by atoms with Crippen molar-refractivity contribution in [3.8, 4) is 11.5 Å². The van der Waals surface area contributed by atoms with Crippen LogP contribution in [0.25, 0.3) is 0 Å². The van der Waals surface area contributed by atoms with Crippen molar-refractivity contribution in [2.24, 2.45) is 5.73 Å². The Morgan fingerprint density at radius 3 is 2.64 bits per heavy atom. The molecule has 0 spiro atoms. The highest BCUT2D eigenvalue weighted by molar-refractivity contribution is 5.49. The molecular formula is C11H15NO2. The number of ether oxygens (including phenoxy) is 2. The minimum absolute atomic E-state index is 0.228. The van der Waals surface area contributed by atoms with Crippen LogP contribution in [0.15, 0.2) is 12.1 Å². The highest BCUT2D eigenvalue weighted by atomic mass is 16.5. The van der Waals surface area contributed by atoms with E-state index in [-0.39, 0.29) is 6.04 Å². The van der Waals surface area contributed by atoms with E-state index < -0.39 is 0 Å². The van der Waals surface area contributed by atoms with Crippen molar-refractivity contribution in [1.82, 2.24) is 0 Å². The molecule has 0 amide bonds. The van der Waals surface area contributed by atoms with Crippen LogP contribution in [0.4, 0.5) is 0 Å². The van der Waals surface area contributed by atoms with Gasteiger partial charge in [-0.3, -0.25) is 0 Å². The van der Waals surface area contributed by atoms with Gasteiger partial charge in [0.15, 0.2) is 0 Å². The van der Waals surface area contributed by atoms with E-state index in [1.54, 1.807) is 14.2 Å². The molecule has 2 N–H and O–H groups in total. The maximum Gasteiger partial charge on any atom is 0.126 e. The zero-order chi connectivity index (χ0) is 10.1. The van der Waals surface area contributed by atoms with Crippen molar-refractivity contribution in [3.05, 3.63) is 23.3 Å². The van der Waals surface area contributed by atoms with E-state index in [4.69, 9.17) is 15.2 Å². The van der Waals surface area contributed by atoms with Gasteiger partial charge in [-0.25, -0.2) is 0 Å². The zero-order valence-electron chi connectivity index (χ0n) is 8.54. The summed E-state index contributed by atoms with van der Waals surface area (Å²) in [7, 11) is 3.34. The molecule has 0 aliphatic heterocycles. The van der Waals surface area contributed by atoms with Crippen LogP contribution in [-0.4, -0.2) is 20.3 Å². The lowest BCUT2D eigenvalue weighted by molar-refractivity contribution is 0.391. The minimum Gasteiger partial charge on any atom is -0.497 e. The quantitative estimate of drug-likeness (QED) is 0.765. The molecule has 1 aromatic carbocycles. The Balaban J connectivity index is 2.46. The fourth-order valence-corrected chi connectivity index (χ4v) is 2.01. The highest BCUT2D eigenvalue weighted by Gasteiger charge is 2.22. The molecule has 0 heterocycles. The summed E-state index contributed by atoms with van der Waals surface area (Å²) in [4.78, 5) is 0. The number of hydrogen-bond donors (Lipinski definition) is 1. The molecule has 2 rings (SSSR count). The first-order chi connectivity index (χ1) is 6.74. The van der Waals surface area contributed by atoms with Crippen molar-refractivity contribution in [2.45, 2.75) is 18.9 Å². The predicted octanol–water partition coefficient (Wildman–Crippen LogP) is 1.13. The lowest BCUT2D eigenvalue weighted by Crippen LogP contribution is -2.19. The van der Waals surface area contributed by atoms with E-state index >= 15 is 0 Å². The average molecular weight is 193 g/mol. The Morgan fingerprint density at radius 1 is 1.21 bits per heavy atom. The summed E-state index contributed by atoms with van der Waals surface area (Å²) in [5.41, 5.74) is 8.40. The van der Waals surface area contributed by atoms with Crippen molar-refractivity contribution in [3.63, 3.8) is 0 Å². The van der Waals surface area contributed by atoms with Gasteiger partial charge in [0.2, 0.25) is 0 Å². The fraction of sp³-hybridized carbons (Fsp3) is 0.455. The van der Waals surface area contributed by atoms with Crippen molar-refractivity contribution in [1.29, 1.82) is 0 Å². The van der Waals surface area contributed by atoms with Crippen LogP contribution in [0.5, 0.6) is 11.5 Å². The lowest BCUT2D eigenvalue weighted by atomic mass is 10.1. The number of rotatable bonds is 2. The number of hydrogen-bond acceptors (Lipinski definition) is 3. The monoisotopic (exact) mass is 193 g/mol. The molecule has 0 aromatic heterocycles. The molecule has 0 fully saturated rings. The SMILES string of the molecule is COc1cc2c(c(OC)c1)CC(N)C2. The summed E-state index contributed by atoms with van der Waals surface area (Å²) < 4.78 is 10.5. The van der Waals surface area contributed by atoms with Gasteiger partial charge in [-0.2, -0.15) is 0 Å². The van der Waals surface area contributed by atoms with Gasteiger partial charge in [0, 0.05) is 12.1 Å². The van der Waals surface area contributed by atoms with E-state index in [1.807, 2.05) is 12.1 Å². The van der Waals surface area contributed by atoms with Gasteiger partial charge in [-0.15, -0.1) is 0 Å². The average Bonchev–Trinajstić information content (AvgIpc) is 2.56. The van der Waals surface area contributed by atoms with Crippen molar-refractivity contribution >= 4 is 0 Å². The molecular weight excluding hydrogens is 178 g/mol. The molecule has 1 unspecified atom stereocenters. The van der Waals surface area contributed by atoms with Crippen LogP contribution >= 0.6 is 0 Å². The number of fused-ring (bicyclic) bond motifs is 1. The zero-order valence-corrected chi connectivity index (χ0v) is 8.54. The summed E-state index contributed by atoms with van der Waals surface area (Å²) in [6.45, 7) is 0. The van der Waals surface area contributed by atoms with Crippen molar-refractivity contribution < 1.29 is 9.47 Å². The molecule has 1 aliphatic rings. The van der Waals surface area contributed by atoms with Gasteiger partial charge >= 0.3 is 0 Å². The molecule has 0 radical (unpaired) electrons. The second-order valence-electron chi connectivity index (χ2n) is 3.64. The molecule has 0 saturated carbocycles. The fourth-order valence-electron chi connectivity index (χ4n) is 2.01. The third-order valence-electron chi connectivity index (χ3n) is 2.68. The second kappa shape index (κ2) is 3.50. The third-order valence-corrected chi connectivity index (χ3v) is 2.68. The smallest absolute Gasteiger partial charge is 0.126 e. The van der Waals surface area contributed by atoms with Crippen LogP contribution in [0.3, 0.4) is 0 Å². The van der Waals surface area contributed by atoms with Gasteiger partial charge < -0.3 is 15.2 Å². The Morgan fingerprint density at radius 2 is 2.00 bits per heavy atom. The van der Waals surface area contributed by atoms with Crippen molar-refractivity contribution in [2.75, 3.05) is 14.2 Å². The van der Waals surface area contributed by atoms with Gasteiger partial charge in [0.1, 0.15) is 11.5 Å². The summed E-state index contributed by atoms with van der Waals surface area (Å²) in [5.74, 6) is 1.74. The Hall–Kier alpha value is -1.22. The topological polar surface area (TPSA) is 44.5 Å². The first kappa shape index (κ1) is 9.34. The Kier molecular flexibility index (Phi) is 2.33. The largest absolute Gasteiger partial charge is 0.497 e. The Labute approximate surface area is 83.8 Å². The van der Waals surface area contributed by atoms with Crippen LogP contribution in [0, 0.1) is 0 Å². The summed E-state index contributed by atoms with van der Waals surface area (Å²) in [6.07, 6.45) is 1.82. The summed E-state index contributed by atoms with van der Waals surface area (Å²) in [6, 6.07) is 4.19. The van der Waals surface area contributed by atoms with Gasteiger partial charge in [-0.05, 0) is 30.0 Å². The number of nitrogens with two attached hydrogens (primary N) is 1. The second-order valence-corrected chi connectivity index (χ2v) is 3.64. The predicted molar refractivity (Wildman–Crippen MR) is 54.9 cm³/mol. The van der Waals surface area contributed by atoms with E-state index in [1.165, 1.54) is 11.1 Å². The third kappa shape index (κ3) is 1.44. The molecule has 1 aliphatic carbocycles. The molecule has 3 nitrogen and oxygen atoms in total. The highest BCUT2D eigenvalue weighted by Crippen LogP contribution is 2.34. The molecule has 3 heteroatoms. The van der Waals surface area contributed by atoms with Crippen LogP contribution in [0.2, 0.25) is 0 Å². The normalized spacial score (nSPS) is 19.2. The van der Waals surface area contributed by atoms with E-state index in [9.17, 15) is 0 Å². The minimum atomic E-state index is 0.228. The van der Waals surface area contributed by atoms with E-state index in [0.717, 1.165) is 24.3 Å². The lowest BCUT2D eigenvalue weighted by Gasteiger charge is -2.09. The van der Waals surface area contributed by atoms with E-state index in [0.29, 0.717) is 0 Å². The molecule has 1 aromatic rings. The summed E-state index contributed by atoms with van der Waals surface area (Å²) >= 11 is 0. The van der Waals surface area contributed by atoms with E-state index in [2.05, 4.69) is 0 Å². The molecule has 14 heavy (non-hydrogen) atoms. The van der Waals surface area contributed by atoms with Gasteiger partial charge in [-0.1, -0.05) is 0 Å². The maximum absolute atomic E-state index is 5.90. The van der Waals surface area contributed by atoms with Crippen LogP contribution in [0.1, 0.15) is 11.1 Å². The van der Waals surface area contributed by atoms with Gasteiger partial charge in [0.25, 0.3) is 0 Å². The van der Waals surface area contributed by atoms with Crippen LogP contribution in [-0.2, 0) is 12.8 Å². The first-order valence-corrected chi connectivity index (χ1v) is 4.74. The molecule has 1 atom stereocenters. The number of benzene rings is 1. The van der Waals surface area contributed by atoms with Crippen LogP contribution < -0.4 is 15.2 Å². The van der Waals surface area contributed by atoms with Gasteiger partial charge in [0.05, 0.1) is 14.2 Å². The Bertz CT molecular complexity index is 349. The first-order valence-electron chi connectivity index (χ1n) is 4.74. The maximum atomic E-state index is 5.90.